The van der Waals surface area contributed by atoms with E-state index in [2.05, 4.69) is 11.6 Å². The lowest BCUT2D eigenvalue weighted by atomic mass is 10.3. The molecule has 0 aliphatic heterocycles. The van der Waals surface area contributed by atoms with Crippen molar-refractivity contribution in [2.24, 2.45) is 4.99 Å². The third-order valence-corrected chi connectivity index (χ3v) is 1.23. The van der Waals surface area contributed by atoms with Crippen molar-refractivity contribution < 1.29 is 5.11 Å². The van der Waals surface area contributed by atoms with Gasteiger partial charge in [-0.25, -0.2) is 0 Å². The molecule has 0 atom stereocenters. The largest absolute Gasteiger partial charge is 0.507 e. The fraction of sp³-hybridized carbons (Fsp3) is 0.125. The van der Waals surface area contributed by atoms with Crippen LogP contribution in [-0.4, -0.2) is 18.4 Å². The molecule has 0 aromatic heterocycles. The Labute approximate surface area is 59.9 Å². The number of nitrogens with zero attached hydrogens (tertiary/aromatic N) is 1. The van der Waals surface area contributed by atoms with E-state index in [1.54, 1.807) is 25.4 Å². The maximum absolute atomic E-state index is 9.13. The molecular formula is C8H9NO. The minimum Gasteiger partial charge on any atom is -0.507 e. The lowest BCUT2D eigenvalue weighted by molar-refractivity contribution is 0.430. The first kappa shape index (κ1) is 6.81. The molecule has 0 bridgehead atoms. The van der Waals surface area contributed by atoms with Gasteiger partial charge in [0.05, 0.1) is 0 Å². The lowest BCUT2D eigenvalue weighted by Gasteiger charge is -1.89. The quantitative estimate of drug-likeness (QED) is 0.544. The molecular weight excluding hydrogens is 126 g/mol. The van der Waals surface area contributed by atoms with Crippen molar-refractivity contribution >= 4 is 6.21 Å². The Bertz CT molecular complexity index is 246. The van der Waals surface area contributed by atoms with Gasteiger partial charge in [0, 0.05) is 18.8 Å². The van der Waals surface area contributed by atoms with Crippen molar-refractivity contribution in [2.45, 2.75) is 0 Å². The molecule has 0 spiro atoms. The maximum atomic E-state index is 9.13. The van der Waals surface area contributed by atoms with Crippen LogP contribution in [0.25, 0.3) is 0 Å². The van der Waals surface area contributed by atoms with Crippen LogP contribution in [0.1, 0.15) is 0 Å². The second-order valence-electron chi connectivity index (χ2n) is 2.09. The molecule has 2 nitrogen and oxygen atoms in total. The van der Waals surface area contributed by atoms with Crippen molar-refractivity contribution in [3.63, 3.8) is 0 Å². The normalized spacial score (nSPS) is 17.9. The number of rotatable bonds is 1. The van der Waals surface area contributed by atoms with Crippen LogP contribution in [0, 0.1) is 0 Å². The molecule has 2 heteroatoms. The van der Waals surface area contributed by atoms with Gasteiger partial charge in [0.1, 0.15) is 5.76 Å². The standard InChI is InChI=1S/C8H9NO/c1-6-3-7(5-9-2)8(10)4-6/h3-5,10H,1H2,2H3. The molecule has 10 heavy (non-hydrogen) atoms. The van der Waals surface area contributed by atoms with E-state index in [0.717, 1.165) is 11.1 Å². The Morgan fingerprint density at radius 3 is 2.70 bits per heavy atom. The van der Waals surface area contributed by atoms with E-state index in [9.17, 15) is 0 Å². The van der Waals surface area contributed by atoms with Crippen LogP contribution in [0.15, 0.2) is 40.6 Å². The Morgan fingerprint density at radius 1 is 1.60 bits per heavy atom. The highest BCUT2D eigenvalue weighted by Crippen LogP contribution is 2.17. The fourth-order valence-corrected chi connectivity index (χ4v) is 0.817. The summed E-state index contributed by atoms with van der Waals surface area (Å²) < 4.78 is 0. The summed E-state index contributed by atoms with van der Waals surface area (Å²) >= 11 is 0. The van der Waals surface area contributed by atoms with Crippen LogP contribution in [0.4, 0.5) is 0 Å². The number of allylic oxidation sites excluding steroid dienone is 4. The van der Waals surface area contributed by atoms with Crippen molar-refractivity contribution in [1.82, 2.24) is 0 Å². The van der Waals surface area contributed by atoms with Gasteiger partial charge in [0.2, 0.25) is 0 Å². The highest BCUT2D eigenvalue weighted by atomic mass is 16.3. The summed E-state index contributed by atoms with van der Waals surface area (Å²) in [4.78, 5) is 3.77. The van der Waals surface area contributed by atoms with Crippen molar-refractivity contribution in [3.05, 3.63) is 35.6 Å². The lowest BCUT2D eigenvalue weighted by Crippen LogP contribution is -1.84. The molecule has 0 fully saturated rings. The van der Waals surface area contributed by atoms with Gasteiger partial charge in [-0.2, -0.15) is 0 Å². The molecule has 0 aromatic carbocycles. The van der Waals surface area contributed by atoms with E-state index < -0.39 is 0 Å². The number of aliphatic hydroxyl groups excluding tert-OH is 1. The zero-order chi connectivity index (χ0) is 7.56. The molecule has 0 heterocycles. The summed E-state index contributed by atoms with van der Waals surface area (Å²) in [5.74, 6) is 0.246. The maximum Gasteiger partial charge on any atom is 0.124 e. The Hall–Kier alpha value is -1.31. The highest BCUT2D eigenvalue weighted by molar-refractivity contribution is 5.86. The van der Waals surface area contributed by atoms with E-state index in [1.165, 1.54) is 0 Å². The van der Waals surface area contributed by atoms with E-state index in [4.69, 9.17) is 5.11 Å². The van der Waals surface area contributed by atoms with E-state index in [1.807, 2.05) is 0 Å². The first-order chi connectivity index (χ1) is 4.74. The Kier molecular flexibility index (Phi) is 1.71. The number of hydrogen-bond acceptors (Lipinski definition) is 2. The zero-order valence-electron chi connectivity index (χ0n) is 5.83. The van der Waals surface area contributed by atoms with Gasteiger partial charge in [0.15, 0.2) is 0 Å². The molecule has 0 aromatic rings. The number of hydrogen-bond donors (Lipinski definition) is 1. The SMILES string of the molecule is C=C1C=C(O)C(C=NC)=C1. The molecule has 0 saturated heterocycles. The van der Waals surface area contributed by atoms with Gasteiger partial charge < -0.3 is 5.11 Å². The number of aliphatic imine (C=N–C) groups is 1. The van der Waals surface area contributed by atoms with Gasteiger partial charge in [-0.05, 0) is 17.7 Å². The Morgan fingerprint density at radius 2 is 2.30 bits per heavy atom. The van der Waals surface area contributed by atoms with Gasteiger partial charge in [-0.1, -0.05) is 6.58 Å². The van der Waals surface area contributed by atoms with Crippen LogP contribution >= 0.6 is 0 Å². The molecule has 0 saturated carbocycles. The summed E-state index contributed by atoms with van der Waals surface area (Å²) in [6, 6.07) is 0. The minimum absolute atomic E-state index is 0.246. The van der Waals surface area contributed by atoms with Crippen LogP contribution < -0.4 is 0 Å². The average Bonchev–Trinajstić information content (AvgIpc) is 2.13. The predicted molar refractivity (Wildman–Crippen MR) is 42.4 cm³/mol. The molecule has 1 aliphatic rings. The van der Waals surface area contributed by atoms with Crippen molar-refractivity contribution in [3.8, 4) is 0 Å². The molecule has 1 rings (SSSR count). The molecule has 52 valence electrons. The van der Waals surface area contributed by atoms with Crippen molar-refractivity contribution in [2.75, 3.05) is 7.05 Å². The first-order valence-electron chi connectivity index (χ1n) is 2.98. The predicted octanol–water partition coefficient (Wildman–Crippen LogP) is 1.63. The van der Waals surface area contributed by atoms with Crippen LogP contribution in [-0.2, 0) is 0 Å². The van der Waals surface area contributed by atoms with E-state index in [-0.39, 0.29) is 5.76 Å². The highest BCUT2D eigenvalue weighted by Gasteiger charge is 2.06. The molecule has 1 N–H and O–H groups in total. The molecule has 0 radical (unpaired) electrons. The Balaban J connectivity index is 2.90. The molecule has 0 amide bonds. The van der Waals surface area contributed by atoms with Gasteiger partial charge in [-0.3, -0.25) is 4.99 Å². The minimum atomic E-state index is 0.246. The second kappa shape index (κ2) is 2.52. The zero-order valence-corrected chi connectivity index (χ0v) is 5.83. The van der Waals surface area contributed by atoms with Gasteiger partial charge >= 0.3 is 0 Å². The summed E-state index contributed by atoms with van der Waals surface area (Å²) in [5.41, 5.74) is 1.54. The van der Waals surface area contributed by atoms with Crippen molar-refractivity contribution in [1.29, 1.82) is 0 Å². The summed E-state index contributed by atoms with van der Waals surface area (Å²) in [6.07, 6.45) is 4.99. The average molecular weight is 135 g/mol. The molecule has 1 aliphatic carbocycles. The smallest absolute Gasteiger partial charge is 0.124 e. The van der Waals surface area contributed by atoms with E-state index in [0.29, 0.717) is 0 Å². The van der Waals surface area contributed by atoms with E-state index >= 15 is 0 Å². The summed E-state index contributed by atoms with van der Waals surface area (Å²) in [7, 11) is 1.66. The van der Waals surface area contributed by atoms with Gasteiger partial charge in [0.25, 0.3) is 0 Å². The van der Waals surface area contributed by atoms with Gasteiger partial charge in [-0.15, -0.1) is 0 Å². The van der Waals surface area contributed by atoms with Crippen LogP contribution in [0.3, 0.4) is 0 Å². The van der Waals surface area contributed by atoms with Crippen LogP contribution in [0.2, 0.25) is 0 Å². The summed E-state index contributed by atoms with van der Waals surface area (Å²) in [5, 5.41) is 9.13. The monoisotopic (exact) mass is 135 g/mol. The van der Waals surface area contributed by atoms with Crippen LogP contribution in [0.5, 0.6) is 0 Å². The molecule has 0 unspecified atom stereocenters. The second-order valence-corrected chi connectivity index (χ2v) is 2.09. The third-order valence-electron chi connectivity index (χ3n) is 1.23. The number of aliphatic hydroxyl groups is 1. The summed E-state index contributed by atoms with van der Waals surface area (Å²) in [6.45, 7) is 3.66. The third kappa shape index (κ3) is 1.16. The first-order valence-corrected chi connectivity index (χ1v) is 2.98. The topological polar surface area (TPSA) is 32.6 Å². The fourth-order valence-electron chi connectivity index (χ4n) is 0.817.